The van der Waals surface area contributed by atoms with Crippen molar-refractivity contribution in [3.63, 3.8) is 0 Å². The quantitative estimate of drug-likeness (QED) is 0.670. The first-order chi connectivity index (χ1) is 6.79. The van der Waals surface area contributed by atoms with Crippen LogP contribution in [-0.2, 0) is 0 Å². The van der Waals surface area contributed by atoms with Crippen LogP contribution in [-0.4, -0.2) is 13.1 Å². The Bertz CT molecular complexity index is 299. The van der Waals surface area contributed by atoms with Gasteiger partial charge in [-0.15, -0.1) is 0 Å². The van der Waals surface area contributed by atoms with E-state index in [2.05, 4.69) is 5.32 Å². The van der Waals surface area contributed by atoms with Gasteiger partial charge in [0.1, 0.15) is 5.82 Å². The molecule has 1 fully saturated rings. The van der Waals surface area contributed by atoms with Crippen molar-refractivity contribution in [2.45, 2.75) is 18.8 Å². The highest BCUT2D eigenvalue weighted by Gasteiger charge is 2.20. The minimum absolute atomic E-state index is 0.156. The first-order valence-corrected chi connectivity index (χ1v) is 5.03. The van der Waals surface area contributed by atoms with Gasteiger partial charge in [0, 0.05) is 11.3 Å². The molecule has 1 saturated heterocycles. The SMILES string of the molecule is Nc1cccc(F)c1C1CCNCC1. The van der Waals surface area contributed by atoms with Crippen molar-refractivity contribution < 1.29 is 4.39 Å². The standard InChI is InChI=1S/C11H15FN2/c12-9-2-1-3-10(13)11(9)8-4-6-14-7-5-8/h1-3,8,14H,4-7,13H2. The molecule has 0 spiro atoms. The van der Waals surface area contributed by atoms with Crippen LogP contribution in [0.15, 0.2) is 18.2 Å². The van der Waals surface area contributed by atoms with E-state index in [0.29, 0.717) is 11.3 Å². The summed E-state index contributed by atoms with van der Waals surface area (Å²) in [6.45, 7) is 1.91. The monoisotopic (exact) mass is 194 g/mol. The predicted octanol–water partition coefficient (Wildman–Crippen LogP) is 1.87. The van der Waals surface area contributed by atoms with E-state index in [9.17, 15) is 4.39 Å². The van der Waals surface area contributed by atoms with Crippen LogP contribution in [0.5, 0.6) is 0 Å². The number of hydrogen-bond donors (Lipinski definition) is 2. The second-order valence-corrected chi connectivity index (χ2v) is 3.77. The first kappa shape index (κ1) is 9.46. The number of anilines is 1. The number of benzene rings is 1. The molecule has 1 aliphatic heterocycles. The predicted molar refractivity (Wildman–Crippen MR) is 55.7 cm³/mol. The molecular formula is C11H15FN2. The Kier molecular flexibility index (Phi) is 2.68. The summed E-state index contributed by atoms with van der Waals surface area (Å²) < 4.78 is 13.5. The van der Waals surface area contributed by atoms with E-state index in [1.54, 1.807) is 12.1 Å². The molecular weight excluding hydrogens is 179 g/mol. The second-order valence-electron chi connectivity index (χ2n) is 3.77. The fourth-order valence-corrected chi connectivity index (χ4v) is 2.10. The topological polar surface area (TPSA) is 38.0 Å². The first-order valence-electron chi connectivity index (χ1n) is 5.03. The third-order valence-electron chi connectivity index (χ3n) is 2.83. The maximum Gasteiger partial charge on any atom is 0.128 e. The molecule has 1 aromatic carbocycles. The van der Waals surface area contributed by atoms with Crippen LogP contribution in [0, 0.1) is 5.82 Å². The number of nitrogens with one attached hydrogen (secondary N) is 1. The molecule has 1 aliphatic rings. The van der Waals surface area contributed by atoms with E-state index in [0.717, 1.165) is 25.9 Å². The van der Waals surface area contributed by atoms with Crippen LogP contribution in [0.1, 0.15) is 24.3 Å². The van der Waals surface area contributed by atoms with Crippen molar-refractivity contribution in [1.82, 2.24) is 5.32 Å². The van der Waals surface area contributed by atoms with Crippen LogP contribution in [0.25, 0.3) is 0 Å². The molecule has 0 unspecified atom stereocenters. The maximum absolute atomic E-state index is 13.5. The van der Waals surface area contributed by atoms with Crippen molar-refractivity contribution in [1.29, 1.82) is 0 Å². The van der Waals surface area contributed by atoms with Gasteiger partial charge in [0.2, 0.25) is 0 Å². The summed E-state index contributed by atoms with van der Waals surface area (Å²) in [5, 5.41) is 3.26. The molecule has 0 atom stereocenters. The maximum atomic E-state index is 13.5. The lowest BCUT2D eigenvalue weighted by molar-refractivity contribution is 0.446. The van der Waals surface area contributed by atoms with Crippen LogP contribution in [0.2, 0.25) is 0 Å². The Hall–Kier alpha value is -1.09. The molecule has 0 aliphatic carbocycles. The van der Waals surface area contributed by atoms with Gasteiger partial charge in [0.15, 0.2) is 0 Å². The molecule has 1 heterocycles. The van der Waals surface area contributed by atoms with Gasteiger partial charge in [-0.2, -0.15) is 0 Å². The van der Waals surface area contributed by atoms with E-state index in [1.807, 2.05) is 0 Å². The van der Waals surface area contributed by atoms with E-state index >= 15 is 0 Å². The van der Waals surface area contributed by atoms with Crippen molar-refractivity contribution in [2.75, 3.05) is 18.8 Å². The number of nitrogens with two attached hydrogens (primary N) is 1. The largest absolute Gasteiger partial charge is 0.398 e. The molecule has 76 valence electrons. The Balaban J connectivity index is 2.29. The minimum atomic E-state index is -0.156. The Morgan fingerprint density at radius 2 is 2.00 bits per heavy atom. The van der Waals surface area contributed by atoms with Crippen molar-refractivity contribution in [3.05, 3.63) is 29.6 Å². The minimum Gasteiger partial charge on any atom is -0.398 e. The fraction of sp³-hybridized carbons (Fsp3) is 0.455. The van der Waals surface area contributed by atoms with Gasteiger partial charge in [-0.05, 0) is 44.0 Å². The average molecular weight is 194 g/mol. The Labute approximate surface area is 83.3 Å². The van der Waals surface area contributed by atoms with Crippen LogP contribution < -0.4 is 11.1 Å². The zero-order valence-corrected chi connectivity index (χ0v) is 8.09. The van der Waals surface area contributed by atoms with Gasteiger partial charge in [-0.25, -0.2) is 4.39 Å². The van der Waals surface area contributed by atoms with Crippen LogP contribution in [0.3, 0.4) is 0 Å². The summed E-state index contributed by atoms with van der Waals surface area (Å²) in [5.41, 5.74) is 7.10. The zero-order chi connectivity index (χ0) is 9.97. The number of hydrogen-bond acceptors (Lipinski definition) is 2. The molecule has 2 rings (SSSR count). The Morgan fingerprint density at radius 1 is 1.29 bits per heavy atom. The lowest BCUT2D eigenvalue weighted by Gasteiger charge is -2.24. The highest BCUT2D eigenvalue weighted by Crippen LogP contribution is 2.31. The number of halogens is 1. The summed E-state index contributed by atoms with van der Waals surface area (Å²) in [4.78, 5) is 0. The third kappa shape index (κ3) is 1.73. The van der Waals surface area contributed by atoms with E-state index in [4.69, 9.17) is 5.73 Å². The summed E-state index contributed by atoms with van der Waals surface area (Å²) in [6, 6.07) is 4.93. The van der Waals surface area contributed by atoms with Gasteiger partial charge >= 0.3 is 0 Å². The van der Waals surface area contributed by atoms with Crippen LogP contribution >= 0.6 is 0 Å². The van der Waals surface area contributed by atoms with Crippen molar-refractivity contribution >= 4 is 5.69 Å². The fourth-order valence-electron chi connectivity index (χ4n) is 2.10. The molecule has 0 saturated carbocycles. The summed E-state index contributed by atoms with van der Waals surface area (Å²) in [6.07, 6.45) is 1.95. The molecule has 2 nitrogen and oxygen atoms in total. The van der Waals surface area contributed by atoms with Gasteiger partial charge < -0.3 is 11.1 Å². The van der Waals surface area contributed by atoms with Gasteiger partial charge in [-0.3, -0.25) is 0 Å². The Morgan fingerprint density at radius 3 is 2.64 bits per heavy atom. The van der Waals surface area contributed by atoms with Gasteiger partial charge in [0.25, 0.3) is 0 Å². The van der Waals surface area contributed by atoms with E-state index in [-0.39, 0.29) is 11.7 Å². The molecule has 0 aromatic heterocycles. The number of piperidine rings is 1. The third-order valence-corrected chi connectivity index (χ3v) is 2.83. The molecule has 14 heavy (non-hydrogen) atoms. The second kappa shape index (κ2) is 3.96. The van der Waals surface area contributed by atoms with Gasteiger partial charge in [-0.1, -0.05) is 6.07 Å². The smallest absolute Gasteiger partial charge is 0.128 e. The summed E-state index contributed by atoms with van der Waals surface area (Å²) >= 11 is 0. The zero-order valence-electron chi connectivity index (χ0n) is 8.09. The summed E-state index contributed by atoms with van der Waals surface area (Å²) in [7, 11) is 0. The number of rotatable bonds is 1. The summed E-state index contributed by atoms with van der Waals surface area (Å²) in [5.74, 6) is 0.134. The van der Waals surface area contributed by atoms with E-state index in [1.165, 1.54) is 6.07 Å². The lowest BCUT2D eigenvalue weighted by atomic mass is 9.89. The average Bonchev–Trinajstić information content (AvgIpc) is 2.19. The van der Waals surface area contributed by atoms with Crippen LogP contribution in [0.4, 0.5) is 10.1 Å². The van der Waals surface area contributed by atoms with Crippen molar-refractivity contribution in [3.8, 4) is 0 Å². The van der Waals surface area contributed by atoms with Gasteiger partial charge in [0.05, 0.1) is 0 Å². The lowest BCUT2D eigenvalue weighted by Crippen LogP contribution is -2.27. The van der Waals surface area contributed by atoms with E-state index < -0.39 is 0 Å². The molecule has 1 aromatic rings. The molecule has 0 bridgehead atoms. The van der Waals surface area contributed by atoms with Crippen molar-refractivity contribution in [2.24, 2.45) is 0 Å². The normalized spacial score (nSPS) is 18.4. The molecule has 0 radical (unpaired) electrons. The highest BCUT2D eigenvalue weighted by atomic mass is 19.1. The number of nitrogen functional groups attached to an aromatic ring is 1. The molecule has 3 N–H and O–H groups in total. The molecule has 3 heteroatoms. The molecule has 0 amide bonds. The highest BCUT2D eigenvalue weighted by molar-refractivity contribution is 5.49.